The summed E-state index contributed by atoms with van der Waals surface area (Å²) >= 11 is 0. The van der Waals surface area contributed by atoms with Crippen molar-refractivity contribution in [3.63, 3.8) is 0 Å². The molecule has 0 aromatic rings. The van der Waals surface area contributed by atoms with E-state index in [1.165, 1.54) is 51.7 Å². The molecule has 1 fully saturated rings. The highest BCUT2D eigenvalue weighted by Gasteiger charge is 2.23. The van der Waals surface area contributed by atoms with Gasteiger partial charge in [-0.2, -0.15) is 0 Å². The Morgan fingerprint density at radius 2 is 1.73 bits per heavy atom. The van der Waals surface area contributed by atoms with E-state index in [0.29, 0.717) is 0 Å². The molecule has 0 radical (unpaired) electrons. The van der Waals surface area contributed by atoms with Gasteiger partial charge < -0.3 is 5.32 Å². The maximum atomic E-state index is 3.66. The van der Waals surface area contributed by atoms with Crippen LogP contribution in [0.1, 0.15) is 52.9 Å². The molecule has 1 aliphatic rings. The molecule has 0 saturated heterocycles. The third-order valence-corrected chi connectivity index (χ3v) is 3.23. The number of nitrogens with one attached hydrogen (secondary N) is 1. The highest BCUT2D eigenvalue weighted by atomic mass is 15.2. The molecule has 0 bridgehead atoms. The summed E-state index contributed by atoms with van der Waals surface area (Å²) in [6, 6.07) is 1.61. The van der Waals surface area contributed by atoms with Gasteiger partial charge in [0.1, 0.15) is 0 Å². The quantitative estimate of drug-likeness (QED) is 0.632. The minimum absolute atomic E-state index is 0.755. The normalized spacial score (nSPS) is 18.4. The van der Waals surface area contributed by atoms with E-state index in [1.807, 2.05) is 0 Å². The first-order chi connectivity index (χ1) is 7.31. The summed E-state index contributed by atoms with van der Waals surface area (Å²) in [5.74, 6) is 0. The summed E-state index contributed by atoms with van der Waals surface area (Å²) in [5, 5.41) is 3.66. The van der Waals surface area contributed by atoms with Crippen LogP contribution >= 0.6 is 0 Å². The van der Waals surface area contributed by atoms with Crippen LogP contribution < -0.4 is 5.32 Å². The van der Waals surface area contributed by atoms with Crippen molar-refractivity contribution in [3.05, 3.63) is 0 Å². The van der Waals surface area contributed by atoms with Crippen molar-refractivity contribution in [2.45, 2.75) is 65.0 Å². The van der Waals surface area contributed by atoms with Crippen molar-refractivity contribution in [2.24, 2.45) is 0 Å². The SMILES string of the molecule is CCCN(CCC)C(CC)CNC1CC1. The van der Waals surface area contributed by atoms with E-state index >= 15 is 0 Å². The van der Waals surface area contributed by atoms with E-state index < -0.39 is 0 Å². The first-order valence-electron chi connectivity index (χ1n) is 6.79. The second-order valence-corrected chi connectivity index (χ2v) is 4.78. The predicted molar refractivity (Wildman–Crippen MR) is 67.3 cm³/mol. The summed E-state index contributed by atoms with van der Waals surface area (Å²) in [6.07, 6.45) is 6.63. The van der Waals surface area contributed by atoms with Crippen LogP contribution in [0.25, 0.3) is 0 Å². The van der Waals surface area contributed by atoms with Crippen LogP contribution in [0.2, 0.25) is 0 Å². The van der Waals surface area contributed by atoms with E-state index in [2.05, 4.69) is 31.0 Å². The lowest BCUT2D eigenvalue weighted by atomic mass is 10.1. The van der Waals surface area contributed by atoms with Crippen molar-refractivity contribution >= 4 is 0 Å². The highest BCUT2D eigenvalue weighted by molar-refractivity contribution is 4.83. The molecule has 0 heterocycles. The fraction of sp³-hybridized carbons (Fsp3) is 1.00. The van der Waals surface area contributed by atoms with Gasteiger partial charge in [-0.25, -0.2) is 0 Å². The highest BCUT2D eigenvalue weighted by Crippen LogP contribution is 2.19. The van der Waals surface area contributed by atoms with Gasteiger partial charge in [0.15, 0.2) is 0 Å². The molecule has 0 amide bonds. The Labute approximate surface area is 95.4 Å². The molecule has 1 rings (SSSR count). The lowest BCUT2D eigenvalue weighted by Crippen LogP contribution is -2.43. The maximum absolute atomic E-state index is 3.66. The second kappa shape index (κ2) is 7.24. The van der Waals surface area contributed by atoms with Gasteiger partial charge in [0.05, 0.1) is 0 Å². The lowest BCUT2D eigenvalue weighted by Gasteiger charge is -2.30. The topological polar surface area (TPSA) is 15.3 Å². The first kappa shape index (κ1) is 13.0. The summed E-state index contributed by atoms with van der Waals surface area (Å²) in [7, 11) is 0. The summed E-state index contributed by atoms with van der Waals surface area (Å²) in [4.78, 5) is 2.66. The van der Waals surface area contributed by atoms with E-state index in [9.17, 15) is 0 Å². The Balaban J connectivity index is 2.28. The molecule has 1 unspecified atom stereocenters. The van der Waals surface area contributed by atoms with E-state index in [-0.39, 0.29) is 0 Å². The Morgan fingerprint density at radius 3 is 2.13 bits per heavy atom. The molecular weight excluding hydrogens is 184 g/mol. The zero-order valence-electron chi connectivity index (χ0n) is 10.8. The predicted octanol–water partition coefficient (Wildman–Crippen LogP) is 2.64. The first-order valence-corrected chi connectivity index (χ1v) is 6.79. The van der Waals surface area contributed by atoms with Gasteiger partial charge in [0.25, 0.3) is 0 Å². The third kappa shape index (κ3) is 4.98. The zero-order valence-corrected chi connectivity index (χ0v) is 10.8. The standard InChI is InChI=1S/C13H28N2/c1-4-9-15(10-5-2)13(6-3)11-14-12-7-8-12/h12-14H,4-11H2,1-3H3. The van der Waals surface area contributed by atoms with Crippen LogP contribution in [0.3, 0.4) is 0 Å². The van der Waals surface area contributed by atoms with Crippen LogP contribution in [0.4, 0.5) is 0 Å². The fourth-order valence-electron chi connectivity index (χ4n) is 2.17. The van der Waals surface area contributed by atoms with Crippen molar-refractivity contribution in [3.8, 4) is 0 Å². The monoisotopic (exact) mass is 212 g/mol. The Morgan fingerprint density at radius 1 is 1.13 bits per heavy atom. The van der Waals surface area contributed by atoms with Crippen LogP contribution in [0, 0.1) is 0 Å². The second-order valence-electron chi connectivity index (χ2n) is 4.78. The van der Waals surface area contributed by atoms with Gasteiger partial charge >= 0.3 is 0 Å². The summed E-state index contributed by atoms with van der Waals surface area (Å²) < 4.78 is 0. The summed E-state index contributed by atoms with van der Waals surface area (Å²) in [6.45, 7) is 10.6. The van der Waals surface area contributed by atoms with Crippen LogP contribution in [0.5, 0.6) is 0 Å². The molecule has 2 nitrogen and oxygen atoms in total. The largest absolute Gasteiger partial charge is 0.312 e. The molecule has 1 N–H and O–H groups in total. The molecule has 0 spiro atoms. The van der Waals surface area contributed by atoms with E-state index in [4.69, 9.17) is 0 Å². The van der Waals surface area contributed by atoms with Gasteiger partial charge in [-0.05, 0) is 45.2 Å². The van der Waals surface area contributed by atoms with Crippen molar-refractivity contribution in [1.82, 2.24) is 10.2 Å². The van der Waals surface area contributed by atoms with Gasteiger partial charge in [-0.3, -0.25) is 4.90 Å². The molecule has 0 aromatic heterocycles. The Kier molecular flexibility index (Phi) is 6.26. The molecule has 1 saturated carbocycles. The molecule has 90 valence electrons. The maximum Gasteiger partial charge on any atom is 0.0218 e. The Hall–Kier alpha value is -0.0800. The molecule has 1 aliphatic carbocycles. The lowest BCUT2D eigenvalue weighted by molar-refractivity contribution is 0.186. The molecule has 15 heavy (non-hydrogen) atoms. The van der Waals surface area contributed by atoms with Gasteiger partial charge in [-0.1, -0.05) is 20.8 Å². The van der Waals surface area contributed by atoms with Crippen molar-refractivity contribution < 1.29 is 0 Å². The van der Waals surface area contributed by atoms with Crippen molar-refractivity contribution in [2.75, 3.05) is 19.6 Å². The van der Waals surface area contributed by atoms with Gasteiger partial charge in [0.2, 0.25) is 0 Å². The van der Waals surface area contributed by atoms with Crippen LogP contribution in [-0.4, -0.2) is 36.6 Å². The summed E-state index contributed by atoms with van der Waals surface area (Å²) in [5.41, 5.74) is 0. The average molecular weight is 212 g/mol. The third-order valence-electron chi connectivity index (χ3n) is 3.23. The smallest absolute Gasteiger partial charge is 0.0218 e. The molecular formula is C13H28N2. The molecule has 0 aromatic carbocycles. The van der Waals surface area contributed by atoms with Gasteiger partial charge in [-0.15, -0.1) is 0 Å². The number of nitrogens with zero attached hydrogens (tertiary/aromatic N) is 1. The van der Waals surface area contributed by atoms with E-state index in [1.54, 1.807) is 0 Å². The van der Waals surface area contributed by atoms with E-state index in [0.717, 1.165) is 12.1 Å². The zero-order chi connectivity index (χ0) is 11.1. The number of hydrogen-bond donors (Lipinski definition) is 1. The number of rotatable bonds is 9. The molecule has 0 aliphatic heterocycles. The molecule has 1 atom stereocenters. The minimum atomic E-state index is 0.755. The van der Waals surface area contributed by atoms with Crippen molar-refractivity contribution in [1.29, 1.82) is 0 Å². The number of hydrogen-bond acceptors (Lipinski definition) is 2. The Bertz CT molecular complexity index is 149. The minimum Gasteiger partial charge on any atom is -0.312 e. The average Bonchev–Trinajstić information content (AvgIpc) is 3.03. The van der Waals surface area contributed by atoms with Crippen LogP contribution in [-0.2, 0) is 0 Å². The van der Waals surface area contributed by atoms with Gasteiger partial charge in [0, 0.05) is 18.6 Å². The van der Waals surface area contributed by atoms with Crippen LogP contribution in [0.15, 0.2) is 0 Å². The molecule has 2 heteroatoms. The fourth-order valence-corrected chi connectivity index (χ4v) is 2.17.